The average molecular weight is 390 g/mol. The van der Waals surface area contributed by atoms with E-state index in [-0.39, 0.29) is 30.5 Å². The Bertz CT molecular complexity index is 841. The number of amides is 2. The van der Waals surface area contributed by atoms with E-state index in [0.29, 0.717) is 16.4 Å². The molecular weight excluding hydrogens is 370 g/mol. The number of ether oxygens (including phenoxy) is 1. The van der Waals surface area contributed by atoms with Crippen molar-refractivity contribution < 1.29 is 19.1 Å². The van der Waals surface area contributed by atoms with Gasteiger partial charge >= 0.3 is 5.97 Å². The van der Waals surface area contributed by atoms with Crippen LogP contribution in [0.3, 0.4) is 0 Å². The molecule has 27 heavy (non-hydrogen) atoms. The molecular formula is C19H20ClN3O4. The molecule has 7 nitrogen and oxygen atoms in total. The Morgan fingerprint density at radius 1 is 0.926 bits per heavy atom. The van der Waals surface area contributed by atoms with Gasteiger partial charge in [0, 0.05) is 0 Å². The van der Waals surface area contributed by atoms with Crippen molar-refractivity contribution in [3.05, 3.63) is 59.1 Å². The van der Waals surface area contributed by atoms with Crippen molar-refractivity contribution in [2.24, 2.45) is 0 Å². The van der Waals surface area contributed by atoms with E-state index in [1.165, 1.54) is 7.11 Å². The molecule has 2 aromatic rings. The predicted molar refractivity (Wildman–Crippen MR) is 104 cm³/mol. The van der Waals surface area contributed by atoms with Crippen LogP contribution in [0.2, 0.25) is 5.02 Å². The number of nitrogens with one attached hydrogen (secondary N) is 2. The topological polar surface area (TPSA) is 87.7 Å². The van der Waals surface area contributed by atoms with Crippen molar-refractivity contribution >= 4 is 40.8 Å². The van der Waals surface area contributed by atoms with Gasteiger partial charge in [-0.15, -0.1) is 0 Å². The molecule has 0 bridgehead atoms. The molecule has 0 saturated heterocycles. The molecule has 2 amide bonds. The number of likely N-dealkylation sites (N-methyl/N-ethyl adjacent to an activating group) is 1. The van der Waals surface area contributed by atoms with Crippen LogP contribution in [0.4, 0.5) is 11.4 Å². The third-order valence-corrected chi connectivity index (χ3v) is 3.91. The summed E-state index contributed by atoms with van der Waals surface area (Å²) >= 11 is 6.00. The van der Waals surface area contributed by atoms with Crippen LogP contribution in [0, 0.1) is 0 Å². The first-order chi connectivity index (χ1) is 12.9. The van der Waals surface area contributed by atoms with E-state index >= 15 is 0 Å². The molecule has 0 heterocycles. The van der Waals surface area contributed by atoms with Gasteiger partial charge in [0.2, 0.25) is 11.8 Å². The van der Waals surface area contributed by atoms with Crippen LogP contribution >= 0.6 is 11.6 Å². The van der Waals surface area contributed by atoms with Gasteiger partial charge in [0.1, 0.15) is 0 Å². The van der Waals surface area contributed by atoms with Crippen LogP contribution in [-0.4, -0.2) is 49.9 Å². The Morgan fingerprint density at radius 3 is 2.04 bits per heavy atom. The maximum absolute atomic E-state index is 12.2. The van der Waals surface area contributed by atoms with Crippen LogP contribution in [0.1, 0.15) is 10.4 Å². The smallest absolute Gasteiger partial charge is 0.339 e. The number of hydrogen-bond donors (Lipinski definition) is 2. The fourth-order valence-electron chi connectivity index (χ4n) is 2.37. The Balaban J connectivity index is 1.90. The lowest BCUT2D eigenvalue weighted by atomic mass is 10.2. The molecule has 0 aliphatic carbocycles. The Labute approximate surface area is 162 Å². The minimum atomic E-state index is -0.543. The summed E-state index contributed by atoms with van der Waals surface area (Å²) in [4.78, 5) is 37.6. The molecule has 0 radical (unpaired) electrons. The van der Waals surface area contributed by atoms with Crippen molar-refractivity contribution in [2.75, 3.05) is 37.9 Å². The number of methoxy groups -OCH3 is 1. The summed E-state index contributed by atoms with van der Waals surface area (Å²) in [5.41, 5.74) is 1.12. The zero-order valence-electron chi connectivity index (χ0n) is 15.0. The molecule has 0 spiro atoms. The first-order valence-corrected chi connectivity index (χ1v) is 8.48. The summed E-state index contributed by atoms with van der Waals surface area (Å²) in [6, 6.07) is 13.4. The first-order valence-electron chi connectivity index (χ1n) is 8.11. The van der Waals surface area contributed by atoms with Crippen LogP contribution in [0.25, 0.3) is 0 Å². The van der Waals surface area contributed by atoms with Gasteiger partial charge in [-0.05, 0) is 31.3 Å². The number of rotatable bonds is 7. The zero-order chi connectivity index (χ0) is 19.8. The zero-order valence-corrected chi connectivity index (χ0v) is 15.7. The summed E-state index contributed by atoms with van der Waals surface area (Å²) in [7, 11) is 2.91. The summed E-state index contributed by atoms with van der Waals surface area (Å²) < 4.78 is 4.69. The summed E-state index contributed by atoms with van der Waals surface area (Å²) in [5, 5.41) is 5.78. The third-order valence-electron chi connectivity index (χ3n) is 3.58. The molecule has 2 N–H and O–H groups in total. The van der Waals surface area contributed by atoms with Gasteiger partial charge in [0.15, 0.2) is 0 Å². The molecule has 0 atom stereocenters. The number of para-hydroxylation sites is 2. The van der Waals surface area contributed by atoms with Gasteiger partial charge in [-0.25, -0.2) is 4.79 Å². The second kappa shape index (κ2) is 9.70. The van der Waals surface area contributed by atoms with Crippen LogP contribution in [0.5, 0.6) is 0 Å². The summed E-state index contributed by atoms with van der Waals surface area (Å²) in [6.07, 6.45) is 0. The fraction of sp³-hybridized carbons (Fsp3) is 0.211. The van der Waals surface area contributed by atoms with Crippen molar-refractivity contribution in [2.45, 2.75) is 0 Å². The van der Waals surface area contributed by atoms with Gasteiger partial charge < -0.3 is 15.4 Å². The molecule has 2 rings (SSSR count). The summed E-state index contributed by atoms with van der Waals surface area (Å²) in [5.74, 6) is -1.20. The predicted octanol–water partition coefficient (Wildman–Crippen LogP) is 2.64. The highest BCUT2D eigenvalue weighted by Gasteiger charge is 2.15. The third kappa shape index (κ3) is 6.09. The van der Waals surface area contributed by atoms with E-state index in [4.69, 9.17) is 16.3 Å². The summed E-state index contributed by atoms with van der Waals surface area (Å²) in [6.45, 7) is -0.0389. The number of carbonyl (C=O) groups excluding carboxylic acids is 3. The van der Waals surface area contributed by atoms with Gasteiger partial charge in [0.05, 0.1) is 42.2 Å². The monoisotopic (exact) mass is 389 g/mol. The van der Waals surface area contributed by atoms with Crippen molar-refractivity contribution in [1.82, 2.24) is 4.90 Å². The maximum Gasteiger partial charge on any atom is 0.339 e. The second-order valence-electron chi connectivity index (χ2n) is 5.79. The highest BCUT2D eigenvalue weighted by molar-refractivity contribution is 6.33. The normalized spacial score (nSPS) is 10.4. The number of hydrogen-bond acceptors (Lipinski definition) is 5. The minimum absolute atomic E-state index is 0.00269. The molecule has 0 unspecified atom stereocenters. The molecule has 0 aliphatic rings. The SMILES string of the molecule is COC(=O)c1ccccc1NC(=O)CN(C)CC(=O)Nc1ccccc1Cl. The Morgan fingerprint density at radius 2 is 1.44 bits per heavy atom. The number of nitrogens with zero attached hydrogens (tertiary/aromatic N) is 1. The number of halogens is 1. The highest BCUT2D eigenvalue weighted by Crippen LogP contribution is 2.20. The Kier molecular flexibility index (Phi) is 7.34. The molecule has 142 valence electrons. The van der Waals surface area contributed by atoms with E-state index in [2.05, 4.69) is 10.6 Å². The van der Waals surface area contributed by atoms with E-state index in [1.807, 2.05) is 0 Å². The van der Waals surface area contributed by atoms with Gasteiger partial charge in [-0.1, -0.05) is 35.9 Å². The lowest BCUT2D eigenvalue weighted by Crippen LogP contribution is -2.36. The van der Waals surface area contributed by atoms with Crippen molar-refractivity contribution in [1.29, 1.82) is 0 Å². The van der Waals surface area contributed by atoms with Gasteiger partial charge in [0.25, 0.3) is 0 Å². The van der Waals surface area contributed by atoms with Crippen LogP contribution < -0.4 is 10.6 Å². The number of carbonyl (C=O) groups is 3. The molecule has 0 aliphatic heterocycles. The lowest BCUT2D eigenvalue weighted by Gasteiger charge is -2.17. The van der Waals surface area contributed by atoms with Crippen molar-refractivity contribution in [3.63, 3.8) is 0 Å². The van der Waals surface area contributed by atoms with E-state index < -0.39 is 5.97 Å². The molecule has 8 heteroatoms. The van der Waals surface area contributed by atoms with Crippen molar-refractivity contribution in [3.8, 4) is 0 Å². The Hall–Kier alpha value is -2.90. The molecule has 2 aromatic carbocycles. The van der Waals surface area contributed by atoms with Gasteiger partial charge in [-0.2, -0.15) is 0 Å². The van der Waals surface area contributed by atoms with E-state index in [0.717, 1.165) is 0 Å². The number of benzene rings is 2. The lowest BCUT2D eigenvalue weighted by molar-refractivity contribution is -0.119. The number of anilines is 2. The maximum atomic E-state index is 12.2. The molecule has 0 fully saturated rings. The highest BCUT2D eigenvalue weighted by atomic mass is 35.5. The van der Waals surface area contributed by atoms with Crippen LogP contribution in [0.15, 0.2) is 48.5 Å². The average Bonchev–Trinajstić information content (AvgIpc) is 2.63. The quantitative estimate of drug-likeness (QED) is 0.711. The minimum Gasteiger partial charge on any atom is -0.465 e. The van der Waals surface area contributed by atoms with Gasteiger partial charge in [-0.3, -0.25) is 14.5 Å². The first kappa shape index (κ1) is 20.4. The largest absolute Gasteiger partial charge is 0.465 e. The van der Waals surface area contributed by atoms with E-state index in [9.17, 15) is 14.4 Å². The molecule has 0 aromatic heterocycles. The standard InChI is InChI=1S/C19H20ClN3O4/c1-23(12-18(25)22-16-10-6-4-8-14(16)20)11-17(24)21-15-9-5-3-7-13(15)19(26)27-2/h3-10H,11-12H2,1-2H3,(H,21,24)(H,22,25). The van der Waals surface area contributed by atoms with E-state index in [1.54, 1.807) is 60.5 Å². The van der Waals surface area contributed by atoms with Crippen LogP contribution in [-0.2, 0) is 14.3 Å². The number of esters is 1. The molecule has 0 saturated carbocycles. The fourth-order valence-corrected chi connectivity index (χ4v) is 2.55. The second-order valence-corrected chi connectivity index (χ2v) is 6.19.